The molecule has 1 aromatic carbocycles. The van der Waals surface area contributed by atoms with Crippen LogP contribution < -0.4 is 5.32 Å². The van der Waals surface area contributed by atoms with E-state index < -0.39 is 4.92 Å². The molecule has 20 heavy (non-hydrogen) atoms. The minimum absolute atomic E-state index is 0.0574. The third-order valence-electron chi connectivity index (χ3n) is 3.36. The lowest BCUT2D eigenvalue weighted by atomic mass is 10.2. The minimum Gasteiger partial charge on any atom is -0.351 e. The molecule has 1 aromatic rings. The normalized spacial score (nSPS) is 15.2. The number of amides is 1. The zero-order valence-electron chi connectivity index (χ0n) is 11.2. The second kappa shape index (κ2) is 7.28. The van der Waals surface area contributed by atoms with E-state index in [1.807, 2.05) is 11.8 Å². The number of hydrogen-bond donors (Lipinski definition) is 1. The molecule has 108 valence electrons. The fraction of sp³-hybridized carbons (Fsp3) is 0.500. The van der Waals surface area contributed by atoms with Gasteiger partial charge in [0.2, 0.25) is 0 Å². The second-order valence-electron chi connectivity index (χ2n) is 4.84. The molecule has 0 atom stereocenters. The Hall–Kier alpha value is -1.56. The van der Waals surface area contributed by atoms with Crippen LogP contribution in [0, 0.1) is 10.1 Å². The van der Waals surface area contributed by atoms with Crippen molar-refractivity contribution in [1.29, 1.82) is 0 Å². The van der Waals surface area contributed by atoms with Gasteiger partial charge in [-0.2, -0.15) is 11.8 Å². The van der Waals surface area contributed by atoms with Crippen molar-refractivity contribution in [3.63, 3.8) is 0 Å². The summed E-state index contributed by atoms with van der Waals surface area (Å²) >= 11 is 1.91. The molecule has 0 unspecified atom stereocenters. The molecule has 0 radical (unpaired) electrons. The average Bonchev–Trinajstić information content (AvgIpc) is 2.96. The van der Waals surface area contributed by atoms with Crippen LogP contribution in [0.3, 0.4) is 0 Å². The molecule has 2 rings (SSSR count). The molecule has 0 aliphatic heterocycles. The van der Waals surface area contributed by atoms with Gasteiger partial charge in [0.15, 0.2) is 0 Å². The Bertz CT molecular complexity index is 487. The quantitative estimate of drug-likeness (QED) is 0.497. The Labute approximate surface area is 122 Å². The van der Waals surface area contributed by atoms with E-state index in [-0.39, 0.29) is 11.6 Å². The summed E-state index contributed by atoms with van der Waals surface area (Å²) in [6, 6.07) is 5.80. The van der Waals surface area contributed by atoms with Gasteiger partial charge in [0.25, 0.3) is 11.6 Å². The van der Waals surface area contributed by atoms with Crippen molar-refractivity contribution in [3.05, 3.63) is 39.9 Å². The van der Waals surface area contributed by atoms with Gasteiger partial charge in [-0.05, 0) is 18.9 Å². The fourth-order valence-corrected chi connectivity index (χ4v) is 3.53. The van der Waals surface area contributed by atoms with Crippen molar-refractivity contribution >= 4 is 23.4 Å². The molecule has 5 nitrogen and oxygen atoms in total. The second-order valence-corrected chi connectivity index (χ2v) is 6.25. The predicted molar refractivity (Wildman–Crippen MR) is 80.1 cm³/mol. The zero-order chi connectivity index (χ0) is 14.4. The lowest BCUT2D eigenvalue weighted by Crippen LogP contribution is -2.26. The molecule has 0 spiro atoms. The predicted octanol–water partition coefficient (Wildman–Crippen LogP) is 3.00. The Morgan fingerprint density at radius 3 is 2.85 bits per heavy atom. The van der Waals surface area contributed by atoms with Crippen molar-refractivity contribution < 1.29 is 9.72 Å². The largest absolute Gasteiger partial charge is 0.351 e. The van der Waals surface area contributed by atoms with Crippen LogP contribution in [0.1, 0.15) is 36.0 Å². The highest BCUT2D eigenvalue weighted by molar-refractivity contribution is 7.99. The number of nitrogens with zero attached hydrogens (tertiary/aromatic N) is 1. The number of nitrogens with one attached hydrogen (secondary N) is 1. The number of non-ortho nitro benzene ring substituents is 1. The van der Waals surface area contributed by atoms with Crippen molar-refractivity contribution in [2.45, 2.75) is 30.9 Å². The third-order valence-corrected chi connectivity index (χ3v) is 4.75. The molecule has 1 amide bonds. The maximum absolute atomic E-state index is 11.9. The number of carbonyl (C=O) groups is 1. The van der Waals surface area contributed by atoms with Gasteiger partial charge in [-0.3, -0.25) is 14.9 Å². The molecule has 0 heterocycles. The van der Waals surface area contributed by atoms with Crippen molar-refractivity contribution in [1.82, 2.24) is 5.32 Å². The summed E-state index contributed by atoms with van der Waals surface area (Å²) < 4.78 is 0. The molecule has 1 N–H and O–H groups in total. The maximum Gasteiger partial charge on any atom is 0.270 e. The minimum atomic E-state index is -0.493. The summed E-state index contributed by atoms with van der Waals surface area (Å²) in [5, 5.41) is 14.2. The van der Waals surface area contributed by atoms with Crippen molar-refractivity contribution in [3.8, 4) is 0 Å². The number of carbonyl (C=O) groups excluding carboxylic acids is 1. The molecular formula is C14H18N2O3S. The smallest absolute Gasteiger partial charge is 0.270 e. The number of hydrogen-bond acceptors (Lipinski definition) is 4. The third kappa shape index (κ3) is 4.23. The molecule has 1 fully saturated rings. The highest BCUT2D eigenvalue weighted by Crippen LogP contribution is 2.28. The van der Waals surface area contributed by atoms with E-state index in [1.165, 1.54) is 43.9 Å². The van der Waals surface area contributed by atoms with Gasteiger partial charge in [-0.25, -0.2) is 0 Å². The summed E-state index contributed by atoms with van der Waals surface area (Å²) in [7, 11) is 0. The van der Waals surface area contributed by atoms with E-state index in [0.717, 1.165) is 11.0 Å². The molecule has 1 saturated carbocycles. The van der Waals surface area contributed by atoms with Crippen LogP contribution in [0.15, 0.2) is 24.3 Å². The molecule has 0 saturated heterocycles. The standard InChI is InChI=1S/C14H18N2O3S/c17-14(11-4-3-5-12(10-11)16(18)19)15-8-9-20-13-6-1-2-7-13/h3-5,10,13H,1-2,6-9H2,(H,15,17). The molecule has 6 heteroatoms. The number of rotatable bonds is 6. The summed E-state index contributed by atoms with van der Waals surface area (Å²) in [4.78, 5) is 22.0. The van der Waals surface area contributed by atoms with Gasteiger partial charge in [0.05, 0.1) is 4.92 Å². The van der Waals surface area contributed by atoms with Crippen LogP contribution in [0.4, 0.5) is 5.69 Å². The molecule has 0 bridgehead atoms. The number of nitro benzene ring substituents is 1. The summed E-state index contributed by atoms with van der Waals surface area (Å²) in [5.41, 5.74) is 0.281. The molecular weight excluding hydrogens is 276 g/mol. The summed E-state index contributed by atoms with van der Waals surface area (Å²) in [6.45, 7) is 0.600. The van der Waals surface area contributed by atoms with Gasteiger partial charge in [0, 0.05) is 35.2 Å². The fourth-order valence-electron chi connectivity index (χ4n) is 2.31. The first-order chi connectivity index (χ1) is 9.66. The van der Waals surface area contributed by atoms with E-state index in [2.05, 4.69) is 5.32 Å². The van der Waals surface area contributed by atoms with Crippen LogP contribution in [0.25, 0.3) is 0 Å². The maximum atomic E-state index is 11.9. The summed E-state index contributed by atoms with van der Waals surface area (Å²) in [5.74, 6) is 0.645. The monoisotopic (exact) mass is 294 g/mol. The van der Waals surface area contributed by atoms with E-state index in [4.69, 9.17) is 0 Å². The van der Waals surface area contributed by atoms with Gasteiger partial charge < -0.3 is 5.32 Å². The highest BCUT2D eigenvalue weighted by atomic mass is 32.2. The van der Waals surface area contributed by atoms with Crippen LogP contribution >= 0.6 is 11.8 Å². The van der Waals surface area contributed by atoms with Gasteiger partial charge in [-0.1, -0.05) is 18.9 Å². The molecule has 0 aromatic heterocycles. The SMILES string of the molecule is O=C(NCCSC1CCCC1)c1cccc([N+](=O)[O-])c1. The van der Waals surface area contributed by atoms with E-state index in [1.54, 1.807) is 6.07 Å². The zero-order valence-corrected chi connectivity index (χ0v) is 12.0. The number of thioether (sulfide) groups is 1. The van der Waals surface area contributed by atoms with E-state index in [0.29, 0.717) is 12.1 Å². The lowest BCUT2D eigenvalue weighted by Gasteiger charge is -2.09. The summed E-state index contributed by atoms with van der Waals surface area (Å²) in [6.07, 6.45) is 5.20. The first-order valence-corrected chi connectivity index (χ1v) is 7.86. The number of nitro groups is 1. The van der Waals surface area contributed by atoms with Crippen molar-refractivity contribution in [2.75, 3.05) is 12.3 Å². The van der Waals surface area contributed by atoms with Crippen LogP contribution in [-0.2, 0) is 0 Å². The lowest BCUT2D eigenvalue weighted by molar-refractivity contribution is -0.384. The van der Waals surface area contributed by atoms with Crippen molar-refractivity contribution in [2.24, 2.45) is 0 Å². The topological polar surface area (TPSA) is 72.2 Å². The van der Waals surface area contributed by atoms with Gasteiger partial charge in [-0.15, -0.1) is 0 Å². The van der Waals surface area contributed by atoms with Gasteiger partial charge in [0.1, 0.15) is 0 Å². The number of benzene rings is 1. The Kier molecular flexibility index (Phi) is 5.40. The Morgan fingerprint density at radius 1 is 1.40 bits per heavy atom. The Balaban J connectivity index is 1.76. The molecule has 1 aliphatic rings. The average molecular weight is 294 g/mol. The van der Waals surface area contributed by atoms with Crippen LogP contribution in [0.5, 0.6) is 0 Å². The Morgan fingerprint density at radius 2 is 2.15 bits per heavy atom. The van der Waals surface area contributed by atoms with E-state index in [9.17, 15) is 14.9 Å². The molecule has 1 aliphatic carbocycles. The highest BCUT2D eigenvalue weighted by Gasteiger charge is 2.15. The van der Waals surface area contributed by atoms with Gasteiger partial charge >= 0.3 is 0 Å². The van der Waals surface area contributed by atoms with Crippen LogP contribution in [0.2, 0.25) is 0 Å². The first kappa shape index (κ1) is 14.8. The first-order valence-electron chi connectivity index (χ1n) is 6.81. The van der Waals surface area contributed by atoms with E-state index >= 15 is 0 Å². The van der Waals surface area contributed by atoms with Crippen LogP contribution in [-0.4, -0.2) is 28.4 Å².